The molecular weight excluding hydrogens is 222 g/mol. The van der Waals surface area contributed by atoms with Gasteiger partial charge >= 0.3 is 0 Å². The van der Waals surface area contributed by atoms with Crippen molar-refractivity contribution >= 4 is 23.1 Å². The minimum atomic E-state index is 0.0865. The number of thiocarbonyl (C=S) groups is 1. The monoisotopic (exact) mass is 245 g/mol. The van der Waals surface area contributed by atoms with Gasteiger partial charge in [0.25, 0.3) is 0 Å². The summed E-state index contributed by atoms with van der Waals surface area (Å²) in [6.07, 6.45) is 0.604. The van der Waals surface area contributed by atoms with Crippen LogP contribution in [0.5, 0.6) is 0 Å². The highest BCUT2D eigenvalue weighted by Gasteiger charge is 2.10. The molecule has 2 N–H and O–H groups in total. The Labute approximate surface area is 104 Å². The molecule has 0 bridgehead atoms. The highest BCUT2D eigenvalue weighted by Crippen LogP contribution is 1.96. The van der Waals surface area contributed by atoms with Crippen LogP contribution in [0.2, 0.25) is 0 Å². The van der Waals surface area contributed by atoms with E-state index in [0.29, 0.717) is 18.0 Å². The van der Waals surface area contributed by atoms with Gasteiger partial charge in [0.2, 0.25) is 5.91 Å². The van der Waals surface area contributed by atoms with Gasteiger partial charge in [-0.3, -0.25) is 4.79 Å². The van der Waals surface area contributed by atoms with Crippen LogP contribution in [-0.4, -0.2) is 53.4 Å². The summed E-state index contributed by atoms with van der Waals surface area (Å²) in [6.45, 7) is 10.1. The number of hydrogen-bond donors (Lipinski definition) is 1. The van der Waals surface area contributed by atoms with Gasteiger partial charge in [-0.1, -0.05) is 26.1 Å². The summed E-state index contributed by atoms with van der Waals surface area (Å²) in [5.41, 5.74) is 5.43. The van der Waals surface area contributed by atoms with Crippen molar-refractivity contribution in [3.05, 3.63) is 0 Å². The van der Waals surface area contributed by atoms with E-state index in [1.165, 1.54) is 0 Å². The van der Waals surface area contributed by atoms with Crippen LogP contribution in [0, 0.1) is 0 Å². The molecule has 0 aliphatic rings. The zero-order valence-electron chi connectivity index (χ0n) is 10.5. The zero-order chi connectivity index (χ0) is 12.6. The van der Waals surface area contributed by atoms with Crippen molar-refractivity contribution in [3.8, 4) is 0 Å². The first kappa shape index (κ1) is 15.3. The van der Waals surface area contributed by atoms with Crippen LogP contribution >= 0.6 is 12.2 Å². The fraction of sp³-hybridized carbons (Fsp3) is 0.818. The Kier molecular flexibility index (Phi) is 8.11. The van der Waals surface area contributed by atoms with Crippen molar-refractivity contribution in [2.24, 2.45) is 5.73 Å². The van der Waals surface area contributed by atoms with E-state index in [-0.39, 0.29) is 5.91 Å². The molecule has 16 heavy (non-hydrogen) atoms. The van der Waals surface area contributed by atoms with E-state index < -0.39 is 0 Å². The van der Waals surface area contributed by atoms with E-state index in [0.717, 1.165) is 26.2 Å². The number of hydrogen-bond acceptors (Lipinski definition) is 3. The maximum absolute atomic E-state index is 11.4. The van der Waals surface area contributed by atoms with Crippen LogP contribution in [0.1, 0.15) is 27.2 Å². The quantitative estimate of drug-likeness (QED) is 0.644. The number of nitrogens with two attached hydrogens (primary N) is 1. The molecule has 0 saturated heterocycles. The summed E-state index contributed by atoms with van der Waals surface area (Å²) in [4.78, 5) is 15.9. The van der Waals surface area contributed by atoms with E-state index in [4.69, 9.17) is 18.0 Å². The lowest BCUT2D eigenvalue weighted by atomic mass is 10.3. The maximum atomic E-state index is 11.4. The van der Waals surface area contributed by atoms with Crippen molar-refractivity contribution < 1.29 is 4.79 Å². The third-order valence-corrected chi connectivity index (χ3v) is 2.86. The Bertz CT molecular complexity index is 229. The Morgan fingerprint density at radius 2 is 1.75 bits per heavy atom. The Morgan fingerprint density at radius 1 is 1.19 bits per heavy atom. The molecular formula is C11H23N3OS. The van der Waals surface area contributed by atoms with E-state index >= 15 is 0 Å². The average molecular weight is 245 g/mol. The Balaban J connectivity index is 4.03. The van der Waals surface area contributed by atoms with Crippen molar-refractivity contribution in [2.45, 2.75) is 27.2 Å². The minimum absolute atomic E-state index is 0.0865. The Morgan fingerprint density at radius 3 is 2.12 bits per heavy atom. The first-order chi connectivity index (χ1) is 7.51. The van der Waals surface area contributed by atoms with Gasteiger partial charge in [0.05, 0.1) is 4.99 Å². The molecule has 0 spiro atoms. The predicted octanol–water partition coefficient (Wildman–Crippen LogP) is 0.853. The molecule has 0 aromatic rings. The molecule has 0 fully saturated rings. The van der Waals surface area contributed by atoms with Gasteiger partial charge < -0.3 is 15.5 Å². The van der Waals surface area contributed by atoms with Gasteiger partial charge in [0.15, 0.2) is 0 Å². The maximum Gasteiger partial charge on any atom is 0.219 e. The lowest BCUT2D eigenvalue weighted by molar-refractivity contribution is -0.128. The molecule has 0 radical (unpaired) electrons. The van der Waals surface area contributed by atoms with Gasteiger partial charge in [0.1, 0.15) is 0 Å². The molecule has 0 atom stereocenters. The van der Waals surface area contributed by atoms with Gasteiger partial charge in [-0.25, -0.2) is 0 Å². The minimum Gasteiger partial charge on any atom is -0.393 e. The van der Waals surface area contributed by atoms with E-state index in [2.05, 4.69) is 18.7 Å². The van der Waals surface area contributed by atoms with Crippen LogP contribution in [0.3, 0.4) is 0 Å². The van der Waals surface area contributed by atoms with Crippen molar-refractivity contribution in [3.63, 3.8) is 0 Å². The topological polar surface area (TPSA) is 49.6 Å². The van der Waals surface area contributed by atoms with E-state index in [9.17, 15) is 4.79 Å². The second kappa shape index (κ2) is 8.47. The van der Waals surface area contributed by atoms with Crippen LogP contribution in [0.4, 0.5) is 0 Å². The van der Waals surface area contributed by atoms with Crippen LogP contribution in [0.15, 0.2) is 0 Å². The normalized spacial score (nSPS) is 10.5. The largest absolute Gasteiger partial charge is 0.393 e. The van der Waals surface area contributed by atoms with Crippen molar-refractivity contribution in [1.82, 2.24) is 9.80 Å². The summed E-state index contributed by atoms with van der Waals surface area (Å²) in [5, 5.41) is 0. The number of likely N-dealkylation sites (N-methyl/N-ethyl adjacent to an activating group) is 1. The molecule has 0 aromatic carbocycles. The molecule has 0 unspecified atom stereocenters. The number of carbonyl (C=O) groups is 1. The number of nitrogens with zero attached hydrogens (tertiary/aromatic N) is 2. The molecule has 0 aliphatic carbocycles. The zero-order valence-corrected chi connectivity index (χ0v) is 11.3. The summed E-state index contributed by atoms with van der Waals surface area (Å²) in [5.74, 6) is 0.0865. The highest BCUT2D eigenvalue weighted by molar-refractivity contribution is 7.80. The van der Waals surface area contributed by atoms with Gasteiger partial charge in [0, 0.05) is 33.0 Å². The fourth-order valence-electron chi connectivity index (χ4n) is 1.47. The van der Waals surface area contributed by atoms with Crippen LogP contribution in [-0.2, 0) is 4.79 Å². The van der Waals surface area contributed by atoms with Gasteiger partial charge in [-0.15, -0.1) is 0 Å². The third kappa shape index (κ3) is 6.74. The lowest BCUT2D eigenvalue weighted by Gasteiger charge is -2.25. The fourth-order valence-corrected chi connectivity index (χ4v) is 1.57. The molecule has 94 valence electrons. The molecule has 0 aromatic heterocycles. The first-order valence-electron chi connectivity index (χ1n) is 5.77. The molecule has 5 heteroatoms. The second-order valence-corrected chi connectivity index (χ2v) is 4.27. The number of rotatable bonds is 8. The second-order valence-electron chi connectivity index (χ2n) is 3.75. The van der Waals surface area contributed by atoms with Crippen LogP contribution < -0.4 is 5.73 Å². The first-order valence-corrected chi connectivity index (χ1v) is 6.18. The average Bonchev–Trinajstić information content (AvgIpc) is 2.22. The molecule has 0 heterocycles. The summed E-state index contributed by atoms with van der Waals surface area (Å²) in [7, 11) is 0. The number of amides is 1. The van der Waals surface area contributed by atoms with Crippen LogP contribution in [0.25, 0.3) is 0 Å². The molecule has 0 aliphatic heterocycles. The van der Waals surface area contributed by atoms with E-state index in [1.807, 2.05) is 0 Å². The summed E-state index contributed by atoms with van der Waals surface area (Å²) >= 11 is 4.81. The molecule has 4 nitrogen and oxygen atoms in total. The molecule has 0 saturated carbocycles. The third-order valence-electron chi connectivity index (χ3n) is 2.65. The Hall–Kier alpha value is -0.680. The smallest absolute Gasteiger partial charge is 0.219 e. The number of carbonyl (C=O) groups excluding carboxylic acids is 1. The van der Waals surface area contributed by atoms with Gasteiger partial charge in [-0.2, -0.15) is 0 Å². The van der Waals surface area contributed by atoms with Crippen molar-refractivity contribution in [2.75, 3.05) is 32.7 Å². The predicted molar refractivity (Wildman–Crippen MR) is 71.4 cm³/mol. The van der Waals surface area contributed by atoms with Crippen molar-refractivity contribution in [1.29, 1.82) is 0 Å². The lowest BCUT2D eigenvalue weighted by Crippen LogP contribution is -2.39. The van der Waals surface area contributed by atoms with E-state index in [1.54, 1.807) is 11.8 Å². The summed E-state index contributed by atoms with van der Waals surface area (Å²) < 4.78 is 0. The molecule has 0 rings (SSSR count). The molecule has 1 amide bonds. The van der Waals surface area contributed by atoms with Gasteiger partial charge in [-0.05, 0) is 13.1 Å². The SMILES string of the molecule is CCN(CC)CCN(CCC(N)=S)C(C)=O. The highest BCUT2D eigenvalue weighted by atomic mass is 32.1. The standard InChI is InChI=1S/C11H23N3OS/c1-4-13(5-2)8-9-14(10(3)15)7-6-11(12)16/h4-9H2,1-3H3,(H2,12,16). The summed E-state index contributed by atoms with van der Waals surface area (Å²) in [6, 6.07) is 0.